The smallest absolute Gasteiger partial charge is 0.248 e. The normalized spacial score (nSPS) is 13.0. The van der Waals surface area contributed by atoms with Gasteiger partial charge in [-0.3, -0.25) is 14.9 Å². The molecule has 0 aliphatic heterocycles. The summed E-state index contributed by atoms with van der Waals surface area (Å²) in [4.78, 5) is 25.1. The van der Waals surface area contributed by atoms with E-state index >= 15 is 0 Å². The summed E-state index contributed by atoms with van der Waals surface area (Å²) in [6, 6.07) is 2.13. The van der Waals surface area contributed by atoms with E-state index in [-0.39, 0.29) is 35.8 Å². The predicted octanol–water partition coefficient (Wildman–Crippen LogP) is 4.79. The molecule has 2 unspecified atom stereocenters. The molecule has 0 bridgehead atoms. The lowest BCUT2D eigenvalue weighted by molar-refractivity contribution is -0.126. The average Bonchev–Trinajstić information content (AvgIpc) is 3.14. The quantitative estimate of drug-likeness (QED) is 0.398. The van der Waals surface area contributed by atoms with E-state index in [1.165, 1.54) is 11.3 Å². The number of rotatable bonds is 11. The maximum absolute atomic E-state index is 13.4. The summed E-state index contributed by atoms with van der Waals surface area (Å²) < 4.78 is 26.7. The van der Waals surface area contributed by atoms with Crippen molar-refractivity contribution in [1.82, 2.24) is 20.8 Å². The van der Waals surface area contributed by atoms with Crippen LogP contribution in [0.15, 0.2) is 18.2 Å². The monoisotopic (exact) mass is 517 g/mol. The van der Waals surface area contributed by atoms with Gasteiger partial charge in [-0.25, -0.2) is 8.78 Å². The van der Waals surface area contributed by atoms with Gasteiger partial charge in [-0.05, 0) is 49.4 Å². The number of benzene rings is 1. The van der Waals surface area contributed by atoms with Gasteiger partial charge in [0.05, 0.1) is 12.5 Å². The summed E-state index contributed by atoms with van der Waals surface area (Å²) in [5.74, 6) is -2.42. The van der Waals surface area contributed by atoms with E-state index < -0.39 is 29.5 Å². The van der Waals surface area contributed by atoms with Gasteiger partial charge in [-0.2, -0.15) is 0 Å². The fraction of sp³-hybridized carbons (Fsp3) is 0.565. The molecule has 0 fully saturated rings. The van der Waals surface area contributed by atoms with Gasteiger partial charge in [0.15, 0.2) is 0 Å². The number of nitrogens with one attached hydrogen (secondary N) is 3. The zero-order valence-electron chi connectivity index (χ0n) is 20.2. The van der Waals surface area contributed by atoms with Gasteiger partial charge in [-0.15, -0.1) is 22.6 Å². The number of hydrogen-bond acceptors (Lipinski definition) is 6. The maximum atomic E-state index is 13.4. The van der Waals surface area contributed by atoms with Crippen LogP contribution in [0.2, 0.25) is 0 Å². The third-order valence-corrected chi connectivity index (χ3v) is 5.90. The molecule has 1 heterocycles. The van der Waals surface area contributed by atoms with Crippen molar-refractivity contribution < 1.29 is 18.4 Å². The molecule has 190 valence electrons. The molecule has 34 heavy (non-hydrogen) atoms. The number of carbonyl (C=O) groups is 2. The topological polar surface area (TPSA) is 96.0 Å². The van der Waals surface area contributed by atoms with Gasteiger partial charge in [0, 0.05) is 6.07 Å². The largest absolute Gasteiger partial charge is 0.344 e. The number of anilines is 1. The lowest BCUT2D eigenvalue weighted by Gasteiger charge is -2.19. The Labute approximate surface area is 209 Å². The number of hydrogen-bond donors (Lipinski definition) is 3. The Balaban J connectivity index is 0.00000578. The first-order valence-electron chi connectivity index (χ1n) is 11.1. The summed E-state index contributed by atoms with van der Waals surface area (Å²) in [6.45, 7) is 11.3. The second-order valence-corrected chi connectivity index (χ2v) is 10.3. The molecule has 2 rings (SSSR count). The molecular formula is C23H34ClF2N5O2S. The van der Waals surface area contributed by atoms with Crippen LogP contribution >= 0.6 is 23.7 Å². The first-order chi connectivity index (χ1) is 15.5. The zero-order valence-corrected chi connectivity index (χ0v) is 21.8. The molecule has 0 spiro atoms. The molecule has 0 saturated heterocycles. The van der Waals surface area contributed by atoms with E-state index in [2.05, 4.69) is 46.9 Å². The van der Waals surface area contributed by atoms with Gasteiger partial charge in [0.1, 0.15) is 22.7 Å². The Morgan fingerprint density at radius 2 is 1.76 bits per heavy atom. The minimum absolute atomic E-state index is 0. The molecule has 0 saturated carbocycles. The van der Waals surface area contributed by atoms with Gasteiger partial charge >= 0.3 is 0 Å². The van der Waals surface area contributed by atoms with Crippen molar-refractivity contribution in [2.24, 2.45) is 5.41 Å². The summed E-state index contributed by atoms with van der Waals surface area (Å²) >= 11 is 1.27. The van der Waals surface area contributed by atoms with Gasteiger partial charge in [0.25, 0.3) is 0 Å². The lowest BCUT2D eigenvalue weighted by Crippen LogP contribution is -2.44. The third-order valence-electron chi connectivity index (χ3n) is 4.88. The van der Waals surface area contributed by atoms with E-state index in [0.717, 1.165) is 36.2 Å². The van der Waals surface area contributed by atoms with Crippen LogP contribution in [0.25, 0.3) is 0 Å². The lowest BCUT2D eigenvalue weighted by atomic mass is 9.92. The van der Waals surface area contributed by atoms with Gasteiger partial charge in [0.2, 0.25) is 16.9 Å². The Kier molecular flexibility index (Phi) is 12.0. The summed E-state index contributed by atoms with van der Waals surface area (Å²) in [7, 11) is 0. The number of nitrogens with zero attached hydrogens (tertiary/aromatic N) is 2. The van der Waals surface area contributed by atoms with Crippen LogP contribution < -0.4 is 16.0 Å². The maximum Gasteiger partial charge on any atom is 0.248 e. The fourth-order valence-corrected chi connectivity index (χ4v) is 3.88. The van der Waals surface area contributed by atoms with E-state index in [1.54, 1.807) is 0 Å². The SMILES string of the molecule is CCCC(NC(=O)Cc1cc(F)cc(F)c1)C(=O)Nc1nnc(C(C)NCCC(C)(C)C)s1.Cl. The van der Waals surface area contributed by atoms with Crippen LogP contribution in [-0.4, -0.2) is 34.6 Å². The molecule has 3 N–H and O–H groups in total. The average molecular weight is 518 g/mol. The highest BCUT2D eigenvalue weighted by atomic mass is 35.5. The van der Waals surface area contributed by atoms with Gasteiger partial charge in [-0.1, -0.05) is 45.5 Å². The molecule has 1 aromatic carbocycles. The third kappa shape index (κ3) is 10.4. The second kappa shape index (κ2) is 13.7. The Morgan fingerprint density at radius 3 is 2.35 bits per heavy atom. The van der Waals surface area contributed by atoms with E-state index in [0.29, 0.717) is 18.0 Å². The molecule has 1 aromatic heterocycles. The molecule has 2 amide bonds. The summed E-state index contributed by atoms with van der Waals surface area (Å²) in [5.41, 5.74) is 0.427. The Morgan fingerprint density at radius 1 is 1.12 bits per heavy atom. The Hall–Kier alpha value is -2.17. The van der Waals surface area contributed by atoms with Crippen molar-refractivity contribution in [3.8, 4) is 0 Å². The first kappa shape index (κ1) is 29.9. The predicted molar refractivity (Wildman–Crippen MR) is 133 cm³/mol. The number of amides is 2. The second-order valence-electron chi connectivity index (χ2n) is 9.28. The van der Waals surface area contributed by atoms with Crippen molar-refractivity contribution in [3.05, 3.63) is 40.4 Å². The van der Waals surface area contributed by atoms with Gasteiger partial charge < -0.3 is 10.6 Å². The van der Waals surface area contributed by atoms with Crippen molar-refractivity contribution in [2.45, 2.75) is 72.4 Å². The van der Waals surface area contributed by atoms with E-state index in [9.17, 15) is 18.4 Å². The van der Waals surface area contributed by atoms with Crippen molar-refractivity contribution in [2.75, 3.05) is 11.9 Å². The minimum atomic E-state index is -0.796. The van der Waals surface area contributed by atoms with Crippen LogP contribution in [0, 0.1) is 17.0 Å². The van der Waals surface area contributed by atoms with Crippen molar-refractivity contribution >= 4 is 40.7 Å². The van der Waals surface area contributed by atoms with Crippen LogP contribution in [0.4, 0.5) is 13.9 Å². The van der Waals surface area contributed by atoms with Crippen LogP contribution in [0.1, 0.15) is 70.5 Å². The molecule has 0 aliphatic rings. The number of carbonyl (C=O) groups excluding carboxylic acids is 2. The summed E-state index contributed by atoms with van der Waals surface area (Å²) in [6.07, 6.45) is 1.85. The number of halogens is 3. The van der Waals surface area contributed by atoms with Crippen LogP contribution in [0.5, 0.6) is 0 Å². The molecule has 2 aromatic rings. The molecule has 7 nitrogen and oxygen atoms in total. The van der Waals surface area contributed by atoms with Crippen LogP contribution in [0.3, 0.4) is 0 Å². The molecular weight excluding hydrogens is 484 g/mol. The molecule has 2 atom stereocenters. The molecule has 11 heteroatoms. The highest BCUT2D eigenvalue weighted by molar-refractivity contribution is 7.15. The Bertz CT molecular complexity index is 931. The van der Waals surface area contributed by atoms with Crippen molar-refractivity contribution in [1.29, 1.82) is 0 Å². The van der Waals surface area contributed by atoms with Crippen LogP contribution in [-0.2, 0) is 16.0 Å². The molecule has 0 aliphatic carbocycles. The van der Waals surface area contributed by atoms with E-state index in [1.807, 2.05) is 13.8 Å². The minimum Gasteiger partial charge on any atom is -0.344 e. The van der Waals surface area contributed by atoms with Crippen molar-refractivity contribution in [3.63, 3.8) is 0 Å². The highest BCUT2D eigenvalue weighted by Crippen LogP contribution is 2.23. The molecule has 0 radical (unpaired) electrons. The highest BCUT2D eigenvalue weighted by Gasteiger charge is 2.22. The van der Waals surface area contributed by atoms with E-state index in [4.69, 9.17) is 0 Å². The first-order valence-corrected chi connectivity index (χ1v) is 11.9. The fourth-order valence-electron chi connectivity index (χ4n) is 3.10. The standard InChI is InChI=1S/C23H33F2N5O2S.ClH/c1-6-7-18(27-19(31)12-15-10-16(24)13-17(25)11-15)20(32)28-22-30-29-21(33-22)14(2)26-9-8-23(3,4)5;/h10-11,13-14,18,26H,6-9,12H2,1-5H3,(H,27,31)(H,28,30,32);1H. The zero-order chi connectivity index (χ0) is 24.6. The number of aromatic nitrogens is 2. The summed E-state index contributed by atoms with van der Waals surface area (Å²) in [5, 5.41) is 18.1.